The summed E-state index contributed by atoms with van der Waals surface area (Å²) in [5.74, 6) is -1.52. The summed E-state index contributed by atoms with van der Waals surface area (Å²) in [4.78, 5) is 26.7. The lowest BCUT2D eigenvalue weighted by molar-refractivity contribution is -0.146. The van der Waals surface area contributed by atoms with Crippen LogP contribution in [0.2, 0.25) is 18.1 Å². The summed E-state index contributed by atoms with van der Waals surface area (Å²) in [7, 11) is -6.56. The predicted molar refractivity (Wildman–Crippen MR) is 136 cm³/mol. The van der Waals surface area contributed by atoms with E-state index in [0.717, 1.165) is 9.87 Å². The van der Waals surface area contributed by atoms with Gasteiger partial charge in [0.1, 0.15) is 0 Å². The van der Waals surface area contributed by atoms with E-state index in [0.29, 0.717) is 0 Å². The monoisotopic (exact) mass is 501 g/mol. The molecule has 2 aliphatic rings. The van der Waals surface area contributed by atoms with Gasteiger partial charge >= 0.3 is 0 Å². The molecule has 1 amide bonds. The van der Waals surface area contributed by atoms with Gasteiger partial charge in [-0.1, -0.05) is 57.2 Å². The first kappa shape index (κ1) is 26.3. The molecule has 0 unspecified atom stereocenters. The molecule has 8 heteroatoms. The number of allylic oxidation sites excluding steroid dienone is 2. The molecule has 1 aromatic rings. The van der Waals surface area contributed by atoms with Crippen molar-refractivity contribution in [2.75, 3.05) is 6.54 Å². The molecular formula is C26H35NO5SSi. The average Bonchev–Trinajstić information content (AvgIpc) is 2.72. The van der Waals surface area contributed by atoms with Crippen molar-refractivity contribution in [3.8, 4) is 0 Å². The summed E-state index contributed by atoms with van der Waals surface area (Å²) < 4.78 is 35.1. The largest absolute Gasteiger partial charge is 0.411 e. The number of benzene rings is 1. The molecule has 0 bridgehead atoms. The number of amides is 1. The number of carbonyl (C=O) groups is 2. The Hall–Kier alpha value is -2.29. The van der Waals surface area contributed by atoms with Gasteiger partial charge < -0.3 is 4.43 Å². The van der Waals surface area contributed by atoms with Crippen molar-refractivity contribution in [3.05, 3.63) is 66.8 Å². The Kier molecular flexibility index (Phi) is 6.76. The minimum atomic E-state index is -4.15. The van der Waals surface area contributed by atoms with Crippen molar-refractivity contribution >= 4 is 30.0 Å². The number of aryl methyl sites for hydroxylation is 1. The molecule has 184 valence electrons. The zero-order valence-corrected chi connectivity index (χ0v) is 22.7. The van der Waals surface area contributed by atoms with Gasteiger partial charge in [-0.15, -0.1) is 6.58 Å². The summed E-state index contributed by atoms with van der Waals surface area (Å²) in [5.41, 5.74) is -0.124. The van der Waals surface area contributed by atoms with Gasteiger partial charge in [0, 0.05) is 5.92 Å². The van der Waals surface area contributed by atoms with Gasteiger partial charge in [-0.05, 0) is 55.3 Å². The molecule has 0 spiro atoms. The molecule has 6 nitrogen and oxygen atoms in total. The molecule has 1 saturated heterocycles. The van der Waals surface area contributed by atoms with Gasteiger partial charge in [0.2, 0.25) is 5.91 Å². The zero-order chi connectivity index (χ0) is 25.7. The van der Waals surface area contributed by atoms with Crippen LogP contribution < -0.4 is 0 Å². The zero-order valence-electron chi connectivity index (χ0n) is 20.9. The predicted octanol–water partition coefficient (Wildman–Crippen LogP) is 4.79. The Bertz CT molecular complexity index is 1160. The third-order valence-corrected chi connectivity index (χ3v) is 13.7. The van der Waals surface area contributed by atoms with Crippen LogP contribution in [0.4, 0.5) is 0 Å². The summed E-state index contributed by atoms with van der Waals surface area (Å²) >= 11 is 0. The van der Waals surface area contributed by atoms with Crippen LogP contribution in [0, 0.1) is 18.3 Å². The highest BCUT2D eigenvalue weighted by Crippen LogP contribution is 2.51. The topological polar surface area (TPSA) is 80.8 Å². The van der Waals surface area contributed by atoms with Crippen LogP contribution in [0.3, 0.4) is 0 Å². The maximum Gasteiger partial charge on any atom is 0.266 e. The third kappa shape index (κ3) is 4.27. The molecule has 1 aliphatic carbocycles. The fourth-order valence-electron chi connectivity index (χ4n) is 4.47. The van der Waals surface area contributed by atoms with Gasteiger partial charge in [0.05, 0.1) is 23.0 Å². The van der Waals surface area contributed by atoms with E-state index in [2.05, 4.69) is 47.0 Å². The number of sulfonamides is 1. The number of carbonyl (C=O) groups excluding carboxylic acids is 2. The van der Waals surface area contributed by atoms with E-state index in [1.807, 2.05) is 6.92 Å². The van der Waals surface area contributed by atoms with Gasteiger partial charge in [0.15, 0.2) is 14.1 Å². The molecule has 1 fully saturated rings. The average molecular weight is 502 g/mol. The fraction of sp³-hybridized carbons (Fsp3) is 0.462. The van der Waals surface area contributed by atoms with Crippen LogP contribution in [0.5, 0.6) is 0 Å². The Balaban J connectivity index is 2.21. The minimum absolute atomic E-state index is 0.0411. The van der Waals surface area contributed by atoms with E-state index in [1.165, 1.54) is 24.3 Å². The summed E-state index contributed by atoms with van der Waals surface area (Å²) in [6.45, 7) is 19.9. The Morgan fingerprint density at radius 3 is 2.32 bits per heavy atom. The van der Waals surface area contributed by atoms with Crippen molar-refractivity contribution in [2.45, 2.75) is 63.2 Å². The van der Waals surface area contributed by atoms with Gasteiger partial charge in [-0.25, -0.2) is 12.7 Å². The second kappa shape index (κ2) is 8.73. The number of rotatable bonds is 6. The minimum Gasteiger partial charge on any atom is -0.411 e. The standard InChI is InChI=1S/C26H35NO5SSi/c1-9-15-26-16-14-21(28)19(3)23(26)22(32-34(7,8)25(4,5)6)17-27(24(26)29)33(30,31)20-12-10-18(2)11-13-20/h9-14,16,22-23H,1,3,15,17H2,2,4-8H3/t22-,23+,26+/m0/s1. The summed E-state index contributed by atoms with van der Waals surface area (Å²) in [6.07, 6.45) is 3.91. The first-order valence-electron chi connectivity index (χ1n) is 11.4. The first-order chi connectivity index (χ1) is 15.6. The van der Waals surface area contributed by atoms with E-state index in [4.69, 9.17) is 4.43 Å². The summed E-state index contributed by atoms with van der Waals surface area (Å²) in [5, 5.41) is -0.161. The van der Waals surface area contributed by atoms with E-state index in [1.54, 1.807) is 18.2 Å². The van der Waals surface area contributed by atoms with Crippen LogP contribution in [0.1, 0.15) is 32.8 Å². The second-order valence-electron chi connectivity index (χ2n) is 10.8. The molecule has 1 aliphatic heterocycles. The van der Waals surface area contributed by atoms with Crippen LogP contribution >= 0.6 is 0 Å². The lowest BCUT2D eigenvalue weighted by atomic mass is 9.61. The number of hydrogen-bond acceptors (Lipinski definition) is 5. The number of piperidine rings is 1. The lowest BCUT2D eigenvalue weighted by Crippen LogP contribution is -2.64. The Morgan fingerprint density at radius 1 is 1.21 bits per heavy atom. The highest BCUT2D eigenvalue weighted by Gasteiger charge is 2.59. The first-order valence-corrected chi connectivity index (χ1v) is 15.8. The maximum atomic E-state index is 14.0. The van der Waals surface area contributed by atoms with Crippen molar-refractivity contribution < 1.29 is 22.4 Å². The highest BCUT2D eigenvalue weighted by atomic mass is 32.2. The summed E-state index contributed by atoms with van der Waals surface area (Å²) in [6, 6.07) is 6.42. The molecule has 0 N–H and O–H groups in total. The van der Waals surface area contributed by atoms with E-state index in [-0.39, 0.29) is 34.3 Å². The van der Waals surface area contributed by atoms with E-state index < -0.39 is 41.7 Å². The van der Waals surface area contributed by atoms with Crippen LogP contribution in [0.25, 0.3) is 0 Å². The molecular weight excluding hydrogens is 466 g/mol. The SMILES string of the molecule is C=CC[C@@]12C=CC(=O)C(=C)[C@@H]1[C@@H](O[Si](C)(C)C(C)(C)C)CN(S(=O)(=O)c1ccc(C)cc1)C2=O. The molecule has 1 heterocycles. The Morgan fingerprint density at radius 2 is 1.79 bits per heavy atom. The van der Waals surface area contributed by atoms with Gasteiger partial charge in [-0.3, -0.25) is 9.59 Å². The highest BCUT2D eigenvalue weighted by molar-refractivity contribution is 7.89. The molecule has 0 aromatic heterocycles. The third-order valence-electron chi connectivity index (χ3n) is 7.46. The van der Waals surface area contributed by atoms with Gasteiger partial charge in [-0.2, -0.15) is 0 Å². The van der Waals surface area contributed by atoms with Crippen molar-refractivity contribution in [1.29, 1.82) is 0 Å². The molecule has 1 aromatic carbocycles. The maximum absolute atomic E-state index is 14.0. The smallest absolute Gasteiger partial charge is 0.266 e. The van der Waals surface area contributed by atoms with Crippen molar-refractivity contribution in [1.82, 2.24) is 4.31 Å². The van der Waals surface area contributed by atoms with E-state index >= 15 is 0 Å². The molecule has 0 radical (unpaired) electrons. The molecule has 3 atom stereocenters. The van der Waals surface area contributed by atoms with Crippen molar-refractivity contribution in [2.24, 2.45) is 11.3 Å². The molecule has 34 heavy (non-hydrogen) atoms. The fourth-order valence-corrected chi connectivity index (χ4v) is 7.26. The molecule has 3 rings (SSSR count). The van der Waals surface area contributed by atoms with Crippen LogP contribution in [-0.4, -0.2) is 45.4 Å². The quantitative estimate of drug-likeness (QED) is 0.318. The molecule has 0 saturated carbocycles. The normalized spacial score (nSPS) is 25.9. The Labute approximate surface area is 204 Å². The number of fused-ring (bicyclic) bond motifs is 1. The van der Waals surface area contributed by atoms with Crippen LogP contribution in [0.15, 0.2) is 66.1 Å². The van der Waals surface area contributed by atoms with Gasteiger partial charge in [0.25, 0.3) is 10.0 Å². The number of ketones is 1. The number of hydrogen-bond donors (Lipinski definition) is 0. The number of nitrogens with zero attached hydrogens (tertiary/aromatic N) is 1. The van der Waals surface area contributed by atoms with E-state index in [9.17, 15) is 18.0 Å². The van der Waals surface area contributed by atoms with Crippen molar-refractivity contribution in [3.63, 3.8) is 0 Å². The lowest BCUT2D eigenvalue weighted by Gasteiger charge is -2.52. The van der Waals surface area contributed by atoms with Crippen LogP contribution in [-0.2, 0) is 24.0 Å². The second-order valence-corrected chi connectivity index (χ2v) is 17.4.